The van der Waals surface area contributed by atoms with Crippen LogP contribution in [0.5, 0.6) is 11.5 Å². The molecular formula is C23H23N3O4S2. The van der Waals surface area contributed by atoms with Crippen molar-refractivity contribution < 1.29 is 17.9 Å². The molecule has 3 aromatic rings. The number of para-hydroxylation sites is 1. The largest absolute Gasteiger partial charge is 0.457 e. The Bertz CT molecular complexity index is 1140. The molecule has 2 heterocycles. The van der Waals surface area contributed by atoms with Crippen molar-refractivity contribution in [1.29, 1.82) is 0 Å². The molecule has 1 amide bonds. The summed E-state index contributed by atoms with van der Waals surface area (Å²) in [6.45, 7) is 0.113. The quantitative estimate of drug-likeness (QED) is 0.550. The first-order valence-electron chi connectivity index (χ1n) is 10.2. The van der Waals surface area contributed by atoms with Gasteiger partial charge in [0.15, 0.2) is 5.03 Å². The topological polar surface area (TPSA) is 97.4 Å². The van der Waals surface area contributed by atoms with Crippen molar-refractivity contribution >= 4 is 27.7 Å². The Morgan fingerprint density at radius 3 is 2.44 bits per heavy atom. The van der Waals surface area contributed by atoms with Crippen molar-refractivity contribution in [2.24, 2.45) is 0 Å². The number of pyridine rings is 1. The minimum atomic E-state index is -3.72. The molecule has 2 atom stereocenters. The summed E-state index contributed by atoms with van der Waals surface area (Å²) in [5.74, 6) is 2.03. The van der Waals surface area contributed by atoms with Gasteiger partial charge in [-0.15, -0.1) is 11.8 Å². The second-order valence-corrected chi connectivity index (χ2v) is 10.2. The van der Waals surface area contributed by atoms with Gasteiger partial charge in [-0.25, -0.2) is 18.1 Å². The van der Waals surface area contributed by atoms with Gasteiger partial charge in [-0.2, -0.15) is 0 Å². The lowest BCUT2D eigenvalue weighted by Crippen LogP contribution is -2.43. The summed E-state index contributed by atoms with van der Waals surface area (Å²) in [7, 11) is -3.72. The van der Waals surface area contributed by atoms with E-state index in [4.69, 9.17) is 4.74 Å². The van der Waals surface area contributed by atoms with E-state index in [1.165, 1.54) is 12.3 Å². The molecule has 32 heavy (non-hydrogen) atoms. The molecule has 0 unspecified atom stereocenters. The first kappa shape index (κ1) is 22.3. The highest BCUT2D eigenvalue weighted by Gasteiger charge is 2.28. The van der Waals surface area contributed by atoms with E-state index in [0.717, 1.165) is 17.1 Å². The zero-order valence-corrected chi connectivity index (χ0v) is 18.8. The van der Waals surface area contributed by atoms with Crippen LogP contribution in [0.3, 0.4) is 0 Å². The Kier molecular flexibility index (Phi) is 7.09. The molecule has 1 saturated heterocycles. The molecule has 1 fully saturated rings. The fourth-order valence-electron chi connectivity index (χ4n) is 3.28. The minimum Gasteiger partial charge on any atom is -0.457 e. The molecule has 4 rings (SSSR count). The normalized spacial score (nSPS) is 19.1. The standard InChI is InChI=1S/C23H23N3O4S2/c27-23-22(17-9-11-20(12-10-17)30-19-6-2-1-3-7-19)31-15-13-18(26-23)16-25-32(28,29)21-8-4-5-14-24-21/h1-12,14,18,22,25H,13,15-16H2,(H,26,27)/t18-,22+/m0/s1. The van der Waals surface area contributed by atoms with Crippen LogP contribution in [0.1, 0.15) is 17.2 Å². The van der Waals surface area contributed by atoms with Gasteiger partial charge in [-0.1, -0.05) is 36.4 Å². The van der Waals surface area contributed by atoms with Gasteiger partial charge in [0.2, 0.25) is 5.91 Å². The van der Waals surface area contributed by atoms with Crippen molar-refractivity contribution in [3.05, 3.63) is 84.6 Å². The van der Waals surface area contributed by atoms with E-state index in [1.807, 2.05) is 54.6 Å². The lowest BCUT2D eigenvalue weighted by atomic mass is 10.1. The Balaban J connectivity index is 1.36. The number of ether oxygens (including phenoxy) is 1. The molecule has 9 heteroatoms. The van der Waals surface area contributed by atoms with Gasteiger partial charge >= 0.3 is 0 Å². The summed E-state index contributed by atoms with van der Waals surface area (Å²) in [5.41, 5.74) is 0.877. The first-order valence-corrected chi connectivity index (χ1v) is 12.7. The second-order valence-electron chi connectivity index (χ2n) is 7.25. The van der Waals surface area contributed by atoms with Crippen LogP contribution in [-0.4, -0.2) is 37.6 Å². The van der Waals surface area contributed by atoms with Crippen molar-refractivity contribution in [2.45, 2.75) is 22.7 Å². The monoisotopic (exact) mass is 469 g/mol. The molecule has 0 saturated carbocycles. The number of amides is 1. The van der Waals surface area contributed by atoms with Crippen LogP contribution >= 0.6 is 11.8 Å². The van der Waals surface area contributed by atoms with Crippen LogP contribution in [0.25, 0.3) is 0 Å². The zero-order chi connectivity index (χ0) is 22.4. The van der Waals surface area contributed by atoms with E-state index < -0.39 is 10.0 Å². The average molecular weight is 470 g/mol. The molecule has 0 spiro atoms. The van der Waals surface area contributed by atoms with Crippen molar-refractivity contribution in [3.8, 4) is 11.5 Å². The van der Waals surface area contributed by atoms with Crippen LogP contribution < -0.4 is 14.8 Å². The Morgan fingerprint density at radius 1 is 1.00 bits per heavy atom. The third-order valence-electron chi connectivity index (χ3n) is 4.93. The maximum Gasteiger partial charge on any atom is 0.258 e. The number of hydrogen-bond donors (Lipinski definition) is 2. The Labute approximate surface area is 191 Å². The molecule has 0 aliphatic carbocycles. The fraction of sp³-hybridized carbons (Fsp3) is 0.217. The second kappa shape index (κ2) is 10.2. The van der Waals surface area contributed by atoms with Crippen LogP contribution in [0.2, 0.25) is 0 Å². The molecular weight excluding hydrogens is 446 g/mol. The number of carbonyl (C=O) groups is 1. The third kappa shape index (κ3) is 5.67. The summed E-state index contributed by atoms with van der Waals surface area (Å²) in [4.78, 5) is 16.7. The van der Waals surface area contributed by atoms with Crippen molar-refractivity contribution in [1.82, 2.24) is 15.0 Å². The van der Waals surface area contributed by atoms with Crippen molar-refractivity contribution in [3.63, 3.8) is 0 Å². The molecule has 2 N–H and O–H groups in total. The van der Waals surface area contributed by atoms with Gasteiger partial charge in [-0.3, -0.25) is 4.79 Å². The molecule has 166 valence electrons. The van der Waals surface area contributed by atoms with Crippen LogP contribution in [0, 0.1) is 0 Å². The molecule has 0 radical (unpaired) electrons. The lowest BCUT2D eigenvalue weighted by molar-refractivity contribution is -0.121. The van der Waals surface area contributed by atoms with Gasteiger partial charge < -0.3 is 10.1 Å². The van der Waals surface area contributed by atoms with E-state index in [1.54, 1.807) is 23.9 Å². The van der Waals surface area contributed by atoms with E-state index in [0.29, 0.717) is 12.2 Å². The highest BCUT2D eigenvalue weighted by atomic mass is 32.2. The Morgan fingerprint density at radius 2 is 1.72 bits per heavy atom. The average Bonchev–Trinajstić information content (AvgIpc) is 3.01. The number of sulfonamides is 1. The van der Waals surface area contributed by atoms with E-state index in [-0.39, 0.29) is 28.8 Å². The SMILES string of the molecule is O=C1N[C@H](CNS(=O)(=O)c2ccccn2)CCS[C@@H]1c1ccc(Oc2ccccc2)cc1. The molecule has 7 nitrogen and oxygen atoms in total. The van der Waals surface area contributed by atoms with Gasteiger partial charge in [0.05, 0.1) is 0 Å². The highest BCUT2D eigenvalue weighted by molar-refractivity contribution is 8.00. The van der Waals surface area contributed by atoms with E-state index in [2.05, 4.69) is 15.0 Å². The fourth-order valence-corrected chi connectivity index (χ4v) is 5.53. The molecule has 2 aromatic carbocycles. The number of benzene rings is 2. The number of hydrogen-bond acceptors (Lipinski definition) is 6. The zero-order valence-electron chi connectivity index (χ0n) is 17.2. The van der Waals surface area contributed by atoms with Crippen LogP contribution in [0.15, 0.2) is 84.0 Å². The first-order chi connectivity index (χ1) is 15.5. The van der Waals surface area contributed by atoms with Gasteiger partial charge in [0.25, 0.3) is 10.0 Å². The maximum absolute atomic E-state index is 12.8. The van der Waals surface area contributed by atoms with Crippen molar-refractivity contribution in [2.75, 3.05) is 12.3 Å². The number of rotatable bonds is 7. The summed E-state index contributed by atoms with van der Waals surface area (Å²) < 4.78 is 33.1. The minimum absolute atomic E-state index is 0.0370. The number of nitrogens with zero attached hydrogens (tertiary/aromatic N) is 1. The lowest BCUT2D eigenvalue weighted by Gasteiger charge is -2.18. The predicted molar refractivity (Wildman–Crippen MR) is 124 cm³/mol. The molecule has 1 aromatic heterocycles. The van der Waals surface area contributed by atoms with Gasteiger partial charge in [0.1, 0.15) is 16.7 Å². The van der Waals surface area contributed by atoms with E-state index in [9.17, 15) is 13.2 Å². The number of thioether (sulfide) groups is 1. The summed E-state index contributed by atoms with van der Waals surface area (Å²) in [5, 5.41) is 2.57. The smallest absolute Gasteiger partial charge is 0.258 e. The third-order valence-corrected chi connectivity index (χ3v) is 7.56. The molecule has 1 aliphatic rings. The maximum atomic E-state index is 12.8. The number of carbonyl (C=O) groups excluding carboxylic acids is 1. The number of aromatic nitrogens is 1. The predicted octanol–water partition coefficient (Wildman–Crippen LogP) is 3.52. The highest BCUT2D eigenvalue weighted by Crippen LogP contribution is 2.33. The van der Waals surface area contributed by atoms with E-state index >= 15 is 0 Å². The summed E-state index contributed by atoms with van der Waals surface area (Å²) in [6, 6.07) is 21.4. The Hall–Kier alpha value is -2.88. The number of nitrogens with one attached hydrogen (secondary N) is 2. The van der Waals surface area contributed by atoms with Gasteiger partial charge in [0, 0.05) is 18.8 Å². The molecule has 0 bridgehead atoms. The summed E-state index contributed by atoms with van der Waals surface area (Å²) >= 11 is 1.55. The van der Waals surface area contributed by atoms with Crippen LogP contribution in [-0.2, 0) is 14.8 Å². The van der Waals surface area contributed by atoms with Crippen LogP contribution in [0.4, 0.5) is 0 Å². The summed E-state index contributed by atoms with van der Waals surface area (Å²) in [6.07, 6.45) is 2.09. The van der Waals surface area contributed by atoms with Gasteiger partial charge in [-0.05, 0) is 54.1 Å². The molecule has 1 aliphatic heterocycles.